The highest BCUT2D eigenvalue weighted by molar-refractivity contribution is 6.51. The number of amides is 1. The number of aliphatic hydroxyl groups excluding tert-OH is 1. The van der Waals surface area contributed by atoms with Crippen LogP contribution in [0.5, 0.6) is 5.75 Å². The second-order valence-corrected chi connectivity index (χ2v) is 8.00. The smallest absolute Gasteiger partial charge is 0.300 e. The summed E-state index contributed by atoms with van der Waals surface area (Å²) in [6.07, 6.45) is 0. The summed E-state index contributed by atoms with van der Waals surface area (Å²) in [5, 5.41) is 11.1. The molecule has 6 nitrogen and oxygen atoms in total. The second-order valence-electron chi connectivity index (χ2n) is 8.00. The number of anilines is 2. The van der Waals surface area contributed by atoms with Crippen LogP contribution in [0.1, 0.15) is 31.0 Å². The number of hydrogen-bond donors (Lipinski definition) is 1. The fourth-order valence-electron chi connectivity index (χ4n) is 4.36. The van der Waals surface area contributed by atoms with E-state index in [0.717, 1.165) is 18.8 Å². The molecular weight excluding hydrogens is 428 g/mol. The third kappa shape index (κ3) is 4.15. The lowest BCUT2D eigenvalue weighted by Crippen LogP contribution is -2.29. The standard InChI is InChI=1S/C28H28N2O4/c1-4-29(5-2)21-13-15-22(16-14-21)30-25(19-11-17-23(34-3)18-12-19)24(27(32)28(30)33)26(31)20-9-7-6-8-10-20/h6-18,25,31H,4-5H2,1-3H3/b26-24+. The molecule has 1 aliphatic heterocycles. The molecule has 1 unspecified atom stereocenters. The quantitative estimate of drug-likeness (QED) is 0.302. The van der Waals surface area contributed by atoms with Crippen molar-refractivity contribution in [3.63, 3.8) is 0 Å². The normalized spacial score (nSPS) is 17.1. The van der Waals surface area contributed by atoms with Crippen molar-refractivity contribution in [3.05, 3.63) is 95.6 Å². The fourth-order valence-corrected chi connectivity index (χ4v) is 4.36. The van der Waals surface area contributed by atoms with Gasteiger partial charge in [0.1, 0.15) is 11.5 Å². The van der Waals surface area contributed by atoms with Crippen LogP contribution in [-0.2, 0) is 9.59 Å². The molecule has 0 aliphatic carbocycles. The number of Topliss-reactive ketones (excluding diaryl/α,β-unsaturated/α-hetero) is 1. The molecule has 0 aromatic heterocycles. The minimum Gasteiger partial charge on any atom is -0.507 e. The van der Waals surface area contributed by atoms with E-state index in [1.165, 1.54) is 4.90 Å². The van der Waals surface area contributed by atoms with Crippen molar-refractivity contribution in [2.75, 3.05) is 30.0 Å². The van der Waals surface area contributed by atoms with Gasteiger partial charge >= 0.3 is 0 Å². The first-order chi connectivity index (χ1) is 16.5. The minimum atomic E-state index is -0.773. The molecule has 1 atom stereocenters. The van der Waals surface area contributed by atoms with Crippen molar-refractivity contribution >= 4 is 28.8 Å². The number of ether oxygens (including phenoxy) is 1. The highest BCUT2D eigenvalue weighted by atomic mass is 16.5. The molecule has 1 heterocycles. The lowest BCUT2D eigenvalue weighted by Gasteiger charge is -2.27. The summed E-state index contributed by atoms with van der Waals surface area (Å²) in [4.78, 5) is 30.2. The molecule has 1 aliphatic rings. The minimum absolute atomic E-state index is 0.0641. The van der Waals surface area contributed by atoms with E-state index in [0.29, 0.717) is 22.6 Å². The number of hydrogen-bond acceptors (Lipinski definition) is 5. The topological polar surface area (TPSA) is 70.1 Å². The third-order valence-electron chi connectivity index (χ3n) is 6.18. The van der Waals surface area contributed by atoms with Gasteiger partial charge in [0, 0.05) is 30.0 Å². The zero-order valence-corrected chi connectivity index (χ0v) is 19.6. The van der Waals surface area contributed by atoms with Crippen LogP contribution in [0, 0.1) is 0 Å². The van der Waals surface area contributed by atoms with E-state index in [1.807, 2.05) is 42.5 Å². The molecular formula is C28H28N2O4. The lowest BCUT2D eigenvalue weighted by atomic mass is 9.95. The fraction of sp³-hybridized carbons (Fsp3) is 0.214. The van der Waals surface area contributed by atoms with E-state index >= 15 is 0 Å². The Morgan fingerprint density at radius 1 is 0.912 bits per heavy atom. The van der Waals surface area contributed by atoms with E-state index in [4.69, 9.17) is 4.74 Å². The first-order valence-electron chi connectivity index (χ1n) is 11.4. The third-order valence-corrected chi connectivity index (χ3v) is 6.18. The average Bonchev–Trinajstić information content (AvgIpc) is 3.15. The van der Waals surface area contributed by atoms with Gasteiger partial charge in [0.2, 0.25) is 0 Å². The summed E-state index contributed by atoms with van der Waals surface area (Å²) in [6, 6.07) is 22.8. The molecule has 1 fully saturated rings. The van der Waals surface area contributed by atoms with Gasteiger partial charge in [-0.2, -0.15) is 0 Å². The Morgan fingerprint density at radius 3 is 2.09 bits per heavy atom. The van der Waals surface area contributed by atoms with E-state index in [9.17, 15) is 14.7 Å². The van der Waals surface area contributed by atoms with Gasteiger partial charge in [-0.25, -0.2) is 0 Å². The summed E-state index contributed by atoms with van der Waals surface area (Å²) in [5.74, 6) is -0.918. The van der Waals surface area contributed by atoms with Crippen molar-refractivity contribution in [1.82, 2.24) is 0 Å². The van der Waals surface area contributed by atoms with Crippen LogP contribution in [0.15, 0.2) is 84.4 Å². The summed E-state index contributed by atoms with van der Waals surface area (Å²) in [6.45, 7) is 5.90. The molecule has 3 aromatic carbocycles. The molecule has 3 aromatic rings. The van der Waals surface area contributed by atoms with Gasteiger partial charge in [0.05, 0.1) is 18.7 Å². The first-order valence-corrected chi connectivity index (χ1v) is 11.4. The van der Waals surface area contributed by atoms with Gasteiger partial charge in [-0.3, -0.25) is 14.5 Å². The number of aliphatic hydroxyl groups is 1. The van der Waals surface area contributed by atoms with Crippen molar-refractivity contribution in [1.29, 1.82) is 0 Å². The van der Waals surface area contributed by atoms with Crippen LogP contribution >= 0.6 is 0 Å². The summed E-state index contributed by atoms with van der Waals surface area (Å²) < 4.78 is 5.27. The Bertz CT molecular complexity index is 1200. The molecule has 34 heavy (non-hydrogen) atoms. The molecule has 0 saturated carbocycles. The molecule has 0 bridgehead atoms. The van der Waals surface area contributed by atoms with Gasteiger partial charge in [-0.15, -0.1) is 0 Å². The van der Waals surface area contributed by atoms with Crippen molar-refractivity contribution in [2.45, 2.75) is 19.9 Å². The summed E-state index contributed by atoms with van der Waals surface area (Å²) >= 11 is 0. The lowest BCUT2D eigenvalue weighted by molar-refractivity contribution is -0.132. The molecule has 174 valence electrons. The molecule has 1 saturated heterocycles. The number of carbonyl (C=O) groups is 2. The van der Waals surface area contributed by atoms with E-state index in [1.54, 1.807) is 43.5 Å². The number of ketones is 1. The predicted octanol–water partition coefficient (Wildman–Crippen LogP) is 5.17. The van der Waals surface area contributed by atoms with Crippen LogP contribution in [-0.4, -0.2) is 37.0 Å². The van der Waals surface area contributed by atoms with Crippen molar-refractivity contribution < 1.29 is 19.4 Å². The number of methoxy groups -OCH3 is 1. The molecule has 0 spiro atoms. The van der Waals surface area contributed by atoms with Crippen LogP contribution in [0.25, 0.3) is 5.76 Å². The zero-order valence-electron chi connectivity index (χ0n) is 19.6. The van der Waals surface area contributed by atoms with Gasteiger partial charge in [-0.1, -0.05) is 42.5 Å². The van der Waals surface area contributed by atoms with Crippen molar-refractivity contribution in [2.24, 2.45) is 0 Å². The summed E-state index contributed by atoms with van der Waals surface area (Å²) in [5.41, 5.74) is 2.87. The second kappa shape index (κ2) is 9.83. The Hall–Kier alpha value is -4.06. The number of benzene rings is 3. The number of carbonyl (C=O) groups excluding carboxylic acids is 2. The van der Waals surface area contributed by atoms with Crippen LogP contribution in [0.3, 0.4) is 0 Å². The first kappa shape index (κ1) is 23.1. The van der Waals surface area contributed by atoms with Gasteiger partial charge < -0.3 is 14.7 Å². The summed E-state index contributed by atoms with van der Waals surface area (Å²) in [7, 11) is 1.58. The van der Waals surface area contributed by atoms with E-state index in [2.05, 4.69) is 18.7 Å². The van der Waals surface area contributed by atoms with Gasteiger partial charge in [0.15, 0.2) is 0 Å². The maximum atomic E-state index is 13.3. The Labute approximate surface area is 199 Å². The Balaban J connectivity index is 1.86. The van der Waals surface area contributed by atoms with E-state index < -0.39 is 17.7 Å². The molecule has 1 amide bonds. The molecule has 4 rings (SSSR count). The van der Waals surface area contributed by atoms with Gasteiger partial charge in [-0.05, 0) is 55.8 Å². The highest BCUT2D eigenvalue weighted by Gasteiger charge is 2.47. The largest absolute Gasteiger partial charge is 0.507 e. The highest BCUT2D eigenvalue weighted by Crippen LogP contribution is 2.42. The predicted molar refractivity (Wildman–Crippen MR) is 134 cm³/mol. The average molecular weight is 457 g/mol. The zero-order chi connectivity index (χ0) is 24.2. The number of nitrogens with zero attached hydrogens (tertiary/aromatic N) is 2. The van der Waals surface area contributed by atoms with Crippen LogP contribution in [0.2, 0.25) is 0 Å². The maximum absolute atomic E-state index is 13.3. The van der Waals surface area contributed by atoms with E-state index in [-0.39, 0.29) is 11.3 Å². The maximum Gasteiger partial charge on any atom is 0.300 e. The Morgan fingerprint density at radius 2 is 1.53 bits per heavy atom. The van der Waals surface area contributed by atoms with Crippen LogP contribution < -0.4 is 14.5 Å². The number of rotatable bonds is 7. The molecule has 0 radical (unpaired) electrons. The van der Waals surface area contributed by atoms with Crippen LogP contribution in [0.4, 0.5) is 11.4 Å². The monoisotopic (exact) mass is 456 g/mol. The molecule has 1 N–H and O–H groups in total. The van der Waals surface area contributed by atoms with Crippen molar-refractivity contribution in [3.8, 4) is 5.75 Å². The Kier molecular flexibility index (Phi) is 6.68. The van der Waals surface area contributed by atoms with Gasteiger partial charge in [0.25, 0.3) is 11.7 Å². The SMILES string of the molecule is CCN(CC)c1ccc(N2C(=O)C(=O)/C(=C(/O)c3ccccc3)C2c2ccc(OC)cc2)cc1. The molecule has 6 heteroatoms.